The lowest BCUT2D eigenvalue weighted by Gasteiger charge is -2.28. The van der Waals surface area contributed by atoms with Crippen LogP contribution in [0, 0.1) is 0 Å². The smallest absolute Gasteiger partial charge is 0.244 e. The number of aliphatic hydroxyl groups excluding tert-OH is 1. The van der Waals surface area contributed by atoms with Gasteiger partial charge in [-0.25, -0.2) is 24.0 Å². The van der Waals surface area contributed by atoms with Crippen molar-refractivity contribution >= 4 is 15.8 Å². The molecule has 0 aromatic carbocycles. The summed E-state index contributed by atoms with van der Waals surface area (Å²) < 4.78 is 27.1. The Bertz CT molecular complexity index is 534. The lowest BCUT2D eigenvalue weighted by molar-refractivity contribution is 0.101. The van der Waals surface area contributed by atoms with E-state index in [4.69, 9.17) is 5.84 Å². The molecule has 2 rings (SSSR count). The van der Waals surface area contributed by atoms with Gasteiger partial charge in [-0.3, -0.25) is 0 Å². The topological polar surface area (TPSA) is 117 Å². The molecule has 1 aromatic heterocycles. The molecule has 5 N–H and O–H groups in total. The fourth-order valence-electron chi connectivity index (χ4n) is 2.23. The van der Waals surface area contributed by atoms with Crippen molar-refractivity contribution in [2.75, 3.05) is 5.43 Å². The average molecular weight is 286 g/mol. The van der Waals surface area contributed by atoms with Crippen LogP contribution < -0.4 is 16.0 Å². The summed E-state index contributed by atoms with van der Waals surface area (Å²) in [6, 6.07) is 2.48. The first-order valence-corrected chi connectivity index (χ1v) is 7.65. The molecule has 1 aromatic rings. The van der Waals surface area contributed by atoms with E-state index in [1.807, 2.05) is 0 Å². The van der Waals surface area contributed by atoms with Crippen LogP contribution in [-0.4, -0.2) is 30.7 Å². The van der Waals surface area contributed by atoms with Crippen molar-refractivity contribution in [3.8, 4) is 0 Å². The summed E-state index contributed by atoms with van der Waals surface area (Å²) >= 11 is 0. The number of nitrogens with one attached hydrogen (secondary N) is 2. The van der Waals surface area contributed by atoms with E-state index >= 15 is 0 Å². The summed E-state index contributed by atoms with van der Waals surface area (Å²) in [4.78, 5) is 3.84. The van der Waals surface area contributed by atoms with Crippen molar-refractivity contribution in [2.45, 2.75) is 42.7 Å². The number of nitrogen functional groups attached to an aromatic ring is 1. The average Bonchev–Trinajstić information content (AvgIpc) is 2.41. The normalized spacial score (nSPS) is 24.1. The van der Waals surface area contributed by atoms with Gasteiger partial charge in [-0.05, 0) is 25.0 Å². The largest absolute Gasteiger partial charge is 0.391 e. The Morgan fingerprint density at radius 1 is 1.37 bits per heavy atom. The summed E-state index contributed by atoms with van der Waals surface area (Å²) in [6.07, 6.45) is 3.87. The minimum Gasteiger partial charge on any atom is -0.391 e. The van der Waals surface area contributed by atoms with E-state index in [9.17, 15) is 13.5 Å². The first-order valence-electron chi connectivity index (χ1n) is 6.16. The molecule has 0 bridgehead atoms. The number of nitrogens with two attached hydrogens (primary N) is 1. The van der Waals surface area contributed by atoms with Gasteiger partial charge in [-0.15, -0.1) is 0 Å². The number of aromatic nitrogens is 1. The number of sulfonamides is 1. The van der Waals surface area contributed by atoms with Crippen molar-refractivity contribution in [1.82, 2.24) is 9.71 Å². The molecule has 2 atom stereocenters. The number of aliphatic hydroxyl groups is 1. The summed E-state index contributed by atoms with van der Waals surface area (Å²) in [5.41, 5.74) is 2.26. The van der Waals surface area contributed by atoms with Crippen LogP contribution in [-0.2, 0) is 10.0 Å². The zero-order chi connectivity index (χ0) is 13.9. The van der Waals surface area contributed by atoms with E-state index in [-0.39, 0.29) is 10.7 Å². The zero-order valence-corrected chi connectivity index (χ0v) is 11.2. The van der Waals surface area contributed by atoms with Crippen LogP contribution in [0.1, 0.15) is 25.7 Å². The Balaban J connectivity index is 2.22. The minimum atomic E-state index is -3.75. The highest BCUT2D eigenvalue weighted by Gasteiger charge is 2.29. The third-order valence-corrected chi connectivity index (χ3v) is 4.75. The zero-order valence-electron chi connectivity index (χ0n) is 10.4. The lowest BCUT2D eigenvalue weighted by Crippen LogP contribution is -2.45. The van der Waals surface area contributed by atoms with Gasteiger partial charge in [0.15, 0.2) is 5.82 Å². The second kappa shape index (κ2) is 5.83. The van der Waals surface area contributed by atoms with Gasteiger partial charge < -0.3 is 10.5 Å². The molecule has 1 heterocycles. The van der Waals surface area contributed by atoms with Crippen molar-refractivity contribution in [1.29, 1.82) is 0 Å². The SMILES string of the molecule is NNc1ncccc1S(=O)(=O)NC1CCCCC1O. The Kier molecular flexibility index (Phi) is 4.35. The molecule has 0 amide bonds. The highest BCUT2D eigenvalue weighted by Crippen LogP contribution is 2.22. The predicted molar refractivity (Wildman–Crippen MR) is 70.6 cm³/mol. The van der Waals surface area contributed by atoms with E-state index in [1.54, 1.807) is 0 Å². The van der Waals surface area contributed by atoms with Crippen LogP contribution in [0.2, 0.25) is 0 Å². The standard InChI is InChI=1S/C11H18N4O3S/c12-14-11-10(6-3-7-13-11)19(17,18)15-8-4-1-2-5-9(8)16/h3,6-9,15-16H,1-2,4-5,12H2,(H,13,14). The van der Waals surface area contributed by atoms with Crippen LogP contribution in [0.25, 0.3) is 0 Å². The van der Waals surface area contributed by atoms with Crippen LogP contribution in [0.15, 0.2) is 23.2 Å². The molecule has 1 aliphatic carbocycles. The molecule has 2 unspecified atom stereocenters. The van der Waals surface area contributed by atoms with Gasteiger partial charge in [0.25, 0.3) is 0 Å². The molecule has 106 valence electrons. The quantitative estimate of drug-likeness (QED) is 0.455. The molecule has 0 spiro atoms. The number of rotatable bonds is 4. The number of hydrogen-bond acceptors (Lipinski definition) is 6. The maximum atomic E-state index is 12.3. The maximum absolute atomic E-state index is 12.3. The monoisotopic (exact) mass is 286 g/mol. The molecular weight excluding hydrogens is 268 g/mol. The lowest BCUT2D eigenvalue weighted by atomic mass is 9.93. The summed E-state index contributed by atoms with van der Waals surface area (Å²) in [7, 11) is -3.75. The second-order valence-corrected chi connectivity index (χ2v) is 6.26. The van der Waals surface area contributed by atoms with Crippen molar-refractivity contribution in [3.05, 3.63) is 18.3 Å². The van der Waals surface area contributed by atoms with Crippen molar-refractivity contribution in [2.24, 2.45) is 5.84 Å². The number of hydrazine groups is 1. The Morgan fingerprint density at radius 3 is 2.79 bits per heavy atom. The van der Waals surface area contributed by atoms with Gasteiger partial charge >= 0.3 is 0 Å². The number of nitrogens with zero attached hydrogens (tertiary/aromatic N) is 1. The van der Waals surface area contributed by atoms with E-state index < -0.39 is 22.2 Å². The summed E-state index contributed by atoms with van der Waals surface area (Å²) in [5.74, 6) is 5.34. The molecule has 0 saturated heterocycles. The first kappa shape index (κ1) is 14.2. The predicted octanol–water partition coefficient (Wildman–Crippen LogP) is -0.0510. The van der Waals surface area contributed by atoms with E-state index in [0.29, 0.717) is 12.8 Å². The highest BCUT2D eigenvalue weighted by atomic mass is 32.2. The van der Waals surface area contributed by atoms with E-state index in [1.165, 1.54) is 18.3 Å². The maximum Gasteiger partial charge on any atom is 0.244 e. The van der Waals surface area contributed by atoms with Gasteiger partial charge in [0.2, 0.25) is 10.0 Å². The molecule has 0 radical (unpaired) electrons. The molecule has 0 aliphatic heterocycles. The Labute approximate surface area is 112 Å². The summed E-state index contributed by atoms with van der Waals surface area (Å²) in [5, 5.41) is 9.82. The summed E-state index contributed by atoms with van der Waals surface area (Å²) in [6.45, 7) is 0. The minimum absolute atomic E-state index is 0.0183. The first-order chi connectivity index (χ1) is 9.04. The van der Waals surface area contributed by atoms with Gasteiger partial charge in [0.05, 0.1) is 6.10 Å². The third kappa shape index (κ3) is 3.21. The fourth-order valence-corrected chi connectivity index (χ4v) is 3.65. The van der Waals surface area contributed by atoms with Crippen molar-refractivity contribution < 1.29 is 13.5 Å². The van der Waals surface area contributed by atoms with Crippen molar-refractivity contribution in [3.63, 3.8) is 0 Å². The van der Waals surface area contributed by atoms with Gasteiger partial charge in [0, 0.05) is 12.2 Å². The molecule has 1 saturated carbocycles. The van der Waals surface area contributed by atoms with Gasteiger partial charge in [-0.1, -0.05) is 12.8 Å². The third-order valence-electron chi connectivity index (χ3n) is 3.23. The highest BCUT2D eigenvalue weighted by molar-refractivity contribution is 7.89. The number of hydrogen-bond donors (Lipinski definition) is 4. The molecule has 1 fully saturated rings. The Hall–Kier alpha value is -1.22. The van der Waals surface area contributed by atoms with Crippen LogP contribution in [0.3, 0.4) is 0 Å². The molecular formula is C11H18N4O3S. The Morgan fingerprint density at radius 2 is 2.11 bits per heavy atom. The molecule has 8 heteroatoms. The number of pyridine rings is 1. The fraction of sp³-hybridized carbons (Fsp3) is 0.545. The molecule has 1 aliphatic rings. The second-order valence-electron chi connectivity index (χ2n) is 4.57. The molecule has 19 heavy (non-hydrogen) atoms. The van der Waals surface area contributed by atoms with Gasteiger partial charge in [-0.2, -0.15) is 0 Å². The van der Waals surface area contributed by atoms with Crippen LogP contribution >= 0.6 is 0 Å². The van der Waals surface area contributed by atoms with Crippen LogP contribution in [0.4, 0.5) is 5.82 Å². The van der Waals surface area contributed by atoms with E-state index in [2.05, 4.69) is 15.1 Å². The van der Waals surface area contributed by atoms with Gasteiger partial charge in [0.1, 0.15) is 4.90 Å². The molecule has 7 nitrogen and oxygen atoms in total. The van der Waals surface area contributed by atoms with Crippen LogP contribution in [0.5, 0.6) is 0 Å². The number of anilines is 1. The van der Waals surface area contributed by atoms with E-state index in [0.717, 1.165) is 12.8 Å².